The van der Waals surface area contributed by atoms with E-state index in [1.807, 2.05) is 23.8 Å². The van der Waals surface area contributed by atoms with Gasteiger partial charge in [0.1, 0.15) is 5.82 Å². The van der Waals surface area contributed by atoms with Crippen LogP contribution < -0.4 is 0 Å². The second-order valence-corrected chi connectivity index (χ2v) is 9.79. The van der Waals surface area contributed by atoms with Crippen LogP contribution in [0.1, 0.15) is 140 Å². The van der Waals surface area contributed by atoms with Crippen molar-refractivity contribution in [3.05, 3.63) is 35.8 Å². The molecule has 2 aromatic rings. The summed E-state index contributed by atoms with van der Waals surface area (Å²) in [7, 11) is 0. The summed E-state index contributed by atoms with van der Waals surface area (Å²) in [4.78, 5) is 12.7. The molecule has 0 bridgehead atoms. The number of halogens is 1. The first-order valence-corrected chi connectivity index (χ1v) is 14.0. The largest absolute Gasteiger partial charge is 0.345 e. The van der Waals surface area contributed by atoms with Crippen molar-refractivity contribution in [1.82, 2.24) is 4.57 Å². The fourth-order valence-electron chi connectivity index (χ4n) is 4.93. The van der Waals surface area contributed by atoms with Gasteiger partial charge in [-0.1, -0.05) is 122 Å². The van der Waals surface area contributed by atoms with Gasteiger partial charge in [0.05, 0.1) is 5.52 Å². The van der Waals surface area contributed by atoms with Crippen molar-refractivity contribution >= 4 is 16.7 Å². The minimum Gasteiger partial charge on any atom is -0.345 e. The van der Waals surface area contributed by atoms with Gasteiger partial charge in [-0.05, 0) is 19.4 Å². The van der Waals surface area contributed by atoms with E-state index in [1.54, 1.807) is 6.07 Å². The maximum Gasteiger partial charge on any atom is 0.165 e. The summed E-state index contributed by atoms with van der Waals surface area (Å²) >= 11 is 0. The van der Waals surface area contributed by atoms with Gasteiger partial charge in [-0.15, -0.1) is 0 Å². The van der Waals surface area contributed by atoms with Crippen LogP contribution in [0.25, 0.3) is 10.9 Å². The first-order chi connectivity index (χ1) is 16.2. The third-order valence-corrected chi connectivity index (χ3v) is 7.00. The standard InChI is InChI=1S/C30H48FNO/c1-3-5-6-7-8-9-10-11-12-13-14-15-16-17-18-19-20-24-29(33)27-25-32(4-2)30-26(27)22-21-23-28(30)31/h21-23,25H,3-20,24H2,1-2H3. The van der Waals surface area contributed by atoms with Gasteiger partial charge in [-0.3, -0.25) is 4.79 Å². The number of carbonyl (C=O) groups excluding carboxylic acids is 1. The topological polar surface area (TPSA) is 22.0 Å². The van der Waals surface area contributed by atoms with E-state index in [1.165, 1.54) is 102 Å². The molecule has 0 saturated carbocycles. The summed E-state index contributed by atoms with van der Waals surface area (Å²) in [5.74, 6) is -0.0926. The number of hydrogen-bond acceptors (Lipinski definition) is 1. The number of unbranched alkanes of at least 4 members (excludes halogenated alkanes) is 16. The van der Waals surface area contributed by atoms with Crippen molar-refractivity contribution in [2.45, 2.75) is 136 Å². The molecule has 0 aliphatic heterocycles. The van der Waals surface area contributed by atoms with E-state index in [9.17, 15) is 9.18 Å². The van der Waals surface area contributed by atoms with Gasteiger partial charge in [0.2, 0.25) is 0 Å². The Hall–Kier alpha value is -1.64. The first kappa shape index (κ1) is 27.6. The zero-order valence-electron chi connectivity index (χ0n) is 21.5. The summed E-state index contributed by atoms with van der Waals surface area (Å²) in [6.07, 6.45) is 25.2. The number of benzene rings is 1. The Labute approximate surface area is 202 Å². The van der Waals surface area contributed by atoms with E-state index in [0.29, 0.717) is 24.0 Å². The minimum absolute atomic E-state index is 0.152. The second-order valence-electron chi connectivity index (χ2n) is 9.79. The fourth-order valence-corrected chi connectivity index (χ4v) is 4.93. The van der Waals surface area contributed by atoms with Gasteiger partial charge in [-0.25, -0.2) is 4.39 Å². The molecule has 0 amide bonds. The maximum absolute atomic E-state index is 14.2. The van der Waals surface area contributed by atoms with Crippen molar-refractivity contribution in [2.75, 3.05) is 0 Å². The summed E-state index contributed by atoms with van der Waals surface area (Å²) < 4.78 is 16.1. The molecular weight excluding hydrogens is 409 g/mol. The number of nitrogens with zero attached hydrogens (tertiary/aromatic N) is 1. The van der Waals surface area contributed by atoms with Crippen LogP contribution in [0.4, 0.5) is 4.39 Å². The third-order valence-electron chi connectivity index (χ3n) is 7.00. The molecule has 0 unspecified atom stereocenters. The number of aromatic nitrogens is 1. The third kappa shape index (κ3) is 10.0. The van der Waals surface area contributed by atoms with E-state index in [0.717, 1.165) is 18.2 Å². The van der Waals surface area contributed by atoms with Crippen LogP contribution in [0.15, 0.2) is 24.4 Å². The monoisotopic (exact) mass is 457 g/mol. The minimum atomic E-state index is -0.244. The van der Waals surface area contributed by atoms with Gasteiger partial charge < -0.3 is 4.57 Å². The zero-order chi connectivity index (χ0) is 23.7. The number of carbonyl (C=O) groups is 1. The molecule has 186 valence electrons. The van der Waals surface area contributed by atoms with Gasteiger partial charge in [-0.2, -0.15) is 0 Å². The highest BCUT2D eigenvalue weighted by molar-refractivity contribution is 6.08. The van der Waals surface area contributed by atoms with Gasteiger partial charge in [0.25, 0.3) is 0 Å². The van der Waals surface area contributed by atoms with E-state index in [-0.39, 0.29) is 11.6 Å². The summed E-state index contributed by atoms with van der Waals surface area (Å²) in [6, 6.07) is 5.04. The summed E-state index contributed by atoms with van der Waals surface area (Å²) in [5, 5.41) is 0.758. The molecule has 33 heavy (non-hydrogen) atoms. The van der Waals surface area contributed by atoms with Gasteiger partial charge >= 0.3 is 0 Å². The van der Waals surface area contributed by atoms with E-state index >= 15 is 0 Å². The molecule has 0 aliphatic carbocycles. The van der Waals surface area contributed by atoms with Gasteiger partial charge in [0, 0.05) is 30.1 Å². The molecule has 0 saturated heterocycles. The number of fused-ring (bicyclic) bond motifs is 1. The lowest BCUT2D eigenvalue weighted by Crippen LogP contribution is -1.98. The van der Waals surface area contributed by atoms with E-state index < -0.39 is 0 Å². The predicted molar refractivity (Wildman–Crippen MR) is 141 cm³/mol. The lowest BCUT2D eigenvalue weighted by Gasteiger charge is -2.04. The molecule has 1 heterocycles. The molecular formula is C30H48FNO. The van der Waals surface area contributed by atoms with Crippen molar-refractivity contribution in [2.24, 2.45) is 0 Å². The molecule has 3 heteroatoms. The molecule has 0 atom stereocenters. The van der Waals surface area contributed by atoms with Crippen LogP contribution in [0.2, 0.25) is 0 Å². The quantitative estimate of drug-likeness (QED) is 0.143. The average molecular weight is 458 g/mol. The molecule has 0 aliphatic rings. The van der Waals surface area contributed by atoms with Crippen molar-refractivity contribution < 1.29 is 9.18 Å². The Kier molecular flexibility index (Phi) is 14.1. The molecule has 2 rings (SSSR count). The molecule has 2 nitrogen and oxygen atoms in total. The lowest BCUT2D eigenvalue weighted by atomic mass is 10.0. The summed E-state index contributed by atoms with van der Waals surface area (Å²) in [6.45, 7) is 4.93. The highest BCUT2D eigenvalue weighted by Gasteiger charge is 2.16. The Morgan fingerprint density at radius 3 is 1.70 bits per heavy atom. The van der Waals surface area contributed by atoms with Gasteiger partial charge in [0.15, 0.2) is 5.78 Å². The zero-order valence-corrected chi connectivity index (χ0v) is 21.5. The first-order valence-electron chi connectivity index (χ1n) is 14.0. The van der Waals surface area contributed by atoms with Crippen LogP contribution in [-0.4, -0.2) is 10.4 Å². The number of para-hydroxylation sites is 1. The SMILES string of the molecule is CCCCCCCCCCCCCCCCCCCC(=O)c1cn(CC)c2c(F)cccc12. The Bertz CT molecular complexity index is 794. The molecule has 0 spiro atoms. The number of rotatable bonds is 20. The van der Waals surface area contributed by atoms with Crippen LogP contribution in [0.5, 0.6) is 0 Å². The average Bonchev–Trinajstić information content (AvgIpc) is 3.21. The number of aryl methyl sites for hydroxylation is 1. The van der Waals surface area contributed by atoms with Crippen LogP contribution in [0.3, 0.4) is 0 Å². The second kappa shape index (κ2) is 16.9. The number of Topliss-reactive ketones (excluding diaryl/α,β-unsaturated/α-hetero) is 1. The number of ketones is 1. The van der Waals surface area contributed by atoms with Crippen molar-refractivity contribution in [3.8, 4) is 0 Å². The van der Waals surface area contributed by atoms with Crippen LogP contribution in [0, 0.1) is 5.82 Å². The Morgan fingerprint density at radius 1 is 0.727 bits per heavy atom. The van der Waals surface area contributed by atoms with E-state index in [2.05, 4.69) is 6.92 Å². The lowest BCUT2D eigenvalue weighted by molar-refractivity contribution is 0.0980. The summed E-state index contributed by atoms with van der Waals surface area (Å²) in [5.41, 5.74) is 1.24. The highest BCUT2D eigenvalue weighted by Crippen LogP contribution is 2.26. The normalized spacial score (nSPS) is 11.5. The van der Waals surface area contributed by atoms with E-state index in [4.69, 9.17) is 0 Å². The molecule has 0 radical (unpaired) electrons. The van der Waals surface area contributed by atoms with Crippen LogP contribution >= 0.6 is 0 Å². The van der Waals surface area contributed by atoms with Crippen molar-refractivity contribution in [1.29, 1.82) is 0 Å². The van der Waals surface area contributed by atoms with Crippen molar-refractivity contribution in [3.63, 3.8) is 0 Å². The molecule has 0 N–H and O–H groups in total. The Balaban J connectivity index is 1.46. The fraction of sp³-hybridized carbons (Fsp3) is 0.700. The maximum atomic E-state index is 14.2. The molecule has 1 aromatic carbocycles. The predicted octanol–water partition coefficient (Wildman–Crippen LogP) is 10.0. The molecule has 1 aromatic heterocycles. The smallest absolute Gasteiger partial charge is 0.165 e. The number of hydrogen-bond donors (Lipinski definition) is 0. The molecule has 0 fully saturated rings. The van der Waals surface area contributed by atoms with Crippen LogP contribution in [-0.2, 0) is 6.54 Å². The Morgan fingerprint density at radius 2 is 1.21 bits per heavy atom. The highest BCUT2D eigenvalue weighted by atomic mass is 19.1.